The fourth-order valence-corrected chi connectivity index (χ4v) is 2.61. The molecular formula is C14H25N5. The van der Waals surface area contributed by atoms with Gasteiger partial charge in [0.2, 0.25) is 0 Å². The third-order valence-corrected chi connectivity index (χ3v) is 3.90. The van der Waals surface area contributed by atoms with Crippen molar-refractivity contribution in [3.63, 3.8) is 0 Å². The Morgan fingerprint density at radius 1 is 1.21 bits per heavy atom. The number of aromatic nitrogens is 2. The second-order valence-electron chi connectivity index (χ2n) is 5.27. The molecule has 0 amide bonds. The molecule has 0 bridgehead atoms. The van der Waals surface area contributed by atoms with E-state index in [-0.39, 0.29) is 0 Å². The molecule has 0 aliphatic carbocycles. The quantitative estimate of drug-likeness (QED) is 0.852. The minimum Gasteiger partial charge on any atom is -0.373 e. The lowest BCUT2D eigenvalue weighted by Crippen LogP contribution is -2.41. The van der Waals surface area contributed by atoms with Crippen LogP contribution in [0, 0.1) is 6.92 Å². The van der Waals surface area contributed by atoms with Gasteiger partial charge in [0.25, 0.3) is 0 Å². The van der Waals surface area contributed by atoms with Crippen LogP contribution in [-0.4, -0.2) is 47.6 Å². The largest absolute Gasteiger partial charge is 0.373 e. The molecule has 106 valence electrons. The molecule has 1 fully saturated rings. The Morgan fingerprint density at radius 3 is 2.58 bits per heavy atom. The van der Waals surface area contributed by atoms with E-state index in [2.05, 4.69) is 32.4 Å². The van der Waals surface area contributed by atoms with Gasteiger partial charge in [-0.1, -0.05) is 6.42 Å². The van der Waals surface area contributed by atoms with Crippen molar-refractivity contribution in [3.05, 3.63) is 11.9 Å². The van der Waals surface area contributed by atoms with Crippen LogP contribution in [-0.2, 0) is 0 Å². The average Bonchev–Trinajstić information content (AvgIpc) is 2.47. The van der Waals surface area contributed by atoms with Gasteiger partial charge in [0.05, 0.1) is 0 Å². The van der Waals surface area contributed by atoms with E-state index in [1.165, 1.54) is 32.4 Å². The molecule has 19 heavy (non-hydrogen) atoms. The highest BCUT2D eigenvalue weighted by atomic mass is 15.2. The van der Waals surface area contributed by atoms with Crippen molar-refractivity contribution >= 4 is 11.6 Å². The van der Waals surface area contributed by atoms with Gasteiger partial charge < -0.3 is 10.6 Å². The van der Waals surface area contributed by atoms with E-state index in [0.717, 1.165) is 23.7 Å². The summed E-state index contributed by atoms with van der Waals surface area (Å²) < 4.78 is 0. The van der Waals surface area contributed by atoms with Crippen molar-refractivity contribution in [3.8, 4) is 0 Å². The van der Waals surface area contributed by atoms with Gasteiger partial charge in [-0.15, -0.1) is 0 Å². The fourth-order valence-electron chi connectivity index (χ4n) is 2.61. The van der Waals surface area contributed by atoms with Gasteiger partial charge in [-0.3, -0.25) is 4.90 Å². The van der Waals surface area contributed by atoms with Gasteiger partial charge in [-0.25, -0.2) is 9.97 Å². The zero-order valence-electron chi connectivity index (χ0n) is 12.2. The zero-order valence-corrected chi connectivity index (χ0v) is 12.2. The normalized spacial score (nSPS) is 18.1. The summed E-state index contributed by atoms with van der Waals surface area (Å²) in [6, 6.07) is 0.549. The van der Waals surface area contributed by atoms with Crippen molar-refractivity contribution in [2.24, 2.45) is 0 Å². The molecule has 1 aromatic heterocycles. The number of hydrogen-bond acceptors (Lipinski definition) is 5. The van der Waals surface area contributed by atoms with Crippen LogP contribution in [0.25, 0.3) is 0 Å². The molecule has 1 aromatic rings. The maximum absolute atomic E-state index is 4.32. The van der Waals surface area contributed by atoms with Gasteiger partial charge >= 0.3 is 0 Å². The summed E-state index contributed by atoms with van der Waals surface area (Å²) in [6.45, 7) is 7.72. The van der Waals surface area contributed by atoms with E-state index < -0.39 is 0 Å². The van der Waals surface area contributed by atoms with E-state index in [1.807, 2.05) is 14.0 Å². The number of rotatable bonds is 5. The van der Waals surface area contributed by atoms with E-state index in [4.69, 9.17) is 0 Å². The lowest BCUT2D eigenvalue weighted by molar-refractivity contribution is 0.180. The summed E-state index contributed by atoms with van der Waals surface area (Å²) in [6.07, 6.45) is 5.65. The first-order valence-corrected chi connectivity index (χ1v) is 7.19. The number of piperidine rings is 1. The molecule has 1 unspecified atom stereocenters. The van der Waals surface area contributed by atoms with E-state index >= 15 is 0 Å². The van der Waals surface area contributed by atoms with Crippen LogP contribution in [0.3, 0.4) is 0 Å². The number of nitrogens with zero attached hydrogens (tertiary/aromatic N) is 3. The second kappa shape index (κ2) is 6.70. The molecule has 1 aliphatic heterocycles. The predicted molar refractivity (Wildman–Crippen MR) is 79.7 cm³/mol. The summed E-state index contributed by atoms with van der Waals surface area (Å²) in [5.41, 5.74) is 1.08. The lowest BCUT2D eigenvalue weighted by atomic mass is 10.1. The smallest absolute Gasteiger partial charge is 0.134 e. The van der Waals surface area contributed by atoms with Gasteiger partial charge in [-0.05, 0) is 39.8 Å². The van der Waals surface area contributed by atoms with Crippen LogP contribution in [0.15, 0.2) is 6.33 Å². The number of nitrogens with one attached hydrogen (secondary N) is 2. The van der Waals surface area contributed by atoms with Crippen LogP contribution < -0.4 is 10.6 Å². The Bertz CT molecular complexity index is 401. The Kier molecular flexibility index (Phi) is 4.96. The van der Waals surface area contributed by atoms with E-state index in [0.29, 0.717) is 6.04 Å². The summed E-state index contributed by atoms with van der Waals surface area (Å²) in [5, 5.41) is 6.54. The van der Waals surface area contributed by atoms with Gasteiger partial charge in [0.15, 0.2) is 0 Å². The van der Waals surface area contributed by atoms with Gasteiger partial charge in [0, 0.05) is 25.2 Å². The molecule has 2 heterocycles. The van der Waals surface area contributed by atoms with Gasteiger partial charge in [0.1, 0.15) is 18.0 Å². The third kappa shape index (κ3) is 3.56. The van der Waals surface area contributed by atoms with Crippen molar-refractivity contribution in [2.75, 3.05) is 37.3 Å². The molecule has 0 aromatic carbocycles. The molecule has 1 saturated heterocycles. The lowest BCUT2D eigenvalue weighted by Gasteiger charge is -2.32. The maximum Gasteiger partial charge on any atom is 0.134 e. The minimum absolute atomic E-state index is 0.549. The highest BCUT2D eigenvalue weighted by Crippen LogP contribution is 2.18. The minimum atomic E-state index is 0.549. The Morgan fingerprint density at radius 2 is 1.89 bits per heavy atom. The summed E-state index contributed by atoms with van der Waals surface area (Å²) in [4.78, 5) is 11.1. The van der Waals surface area contributed by atoms with Crippen LogP contribution in [0.5, 0.6) is 0 Å². The van der Waals surface area contributed by atoms with Crippen LogP contribution in [0.4, 0.5) is 11.6 Å². The molecule has 5 heteroatoms. The SMILES string of the molecule is CNc1ncnc(NCC(C)N2CCCCC2)c1C. The first-order chi connectivity index (χ1) is 9.22. The summed E-state index contributed by atoms with van der Waals surface area (Å²) in [5.74, 6) is 1.83. The monoisotopic (exact) mass is 263 g/mol. The Labute approximate surface area is 115 Å². The molecule has 1 aliphatic rings. The zero-order chi connectivity index (χ0) is 13.7. The second-order valence-corrected chi connectivity index (χ2v) is 5.27. The molecule has 1 atom stereocenters. The fraction of sp³-hybridized carbons (Fsp3) is 0.714. The Hall–Kier alpha value is -1.36. The van der Waals surface area contributed by atoms with Crippen LogP contribution >= 0.6 is 0 Å². The molecule has 0 radical (unpaired) electrons. The summed E-state index contributed by atoms with van der Waals surface area (Å²) in [7, 11) is 1.88. The predicted octanol–water partition coefficient (Wildman–Crippen LogP) is 2.11. The first kappa shape index (κ1) is 14.1. The molecule has 0 spiro atoms. The van der Waals surface area contributed by atoms with Crippen LogP contribution in [0.1, 0.15) is 31.7 Å². The number of hydrogen-bond donors (Lipinski definition) is 2. The molecule has 0 saturated carbocycles. The highest BCUT2D eigenvalue weighted by Gasteiger charge is 2.16. The molecule has 2 N–H and O–H groups in total. The van der Waals surface area contributed by atoms with Crippen molar-refractivity contribution in [2.45, 2.75) is 39.2 Å². The Balaban J connectivity index is 1.91. The van der Waals surface area contributed by atoms with Gasteiger partial charge in [-0.2, -0.15) is 0 Å². The number of likely N-dealkylation sites (tertiary alicyclic amines) is 1. The number of anilines is 2. The molecule has 2 rings (SSSR count). The van der Waals surface area contributed by atoms with E-state index in [9.17, 15) is 0 Å². The van der Waals surface area contributed by atoms with Crippen molar-refractivity contribution in [1.29, 1.82) is 0 Å². The maximum atomic E-state index is 4.32. The third-order valence-electron chi connectivity index (χ3n) is 3.90. The average molecular weight is 263 g/mol. The summed E-state index contributed by atoms with van der Waals surface area (Å²) >= 11 is 0. The molecular weight excluding hydrogens is 238 g/mol. The highest BCUT2D eigenvalue weighted by molar-refractivity contribution is 5.56. The van der Waals surface area contributed by atoms with Crippen molar-refractivity contribution in [1.82, 2.24) is 14.9 Å². The van der Waals surface area contributed by atoms with E-state index in [1.54, 1.807) is 6.33 Å². The first-order valence-electron chi connectivity index (χ1n) is 7.19. The standard InChI is InChI=1S/C14H25N5/c1-11(19-7-5-4-6-8-19)9-16-14-12(2)13(15-3)17-10-18-14/h10-11H,4-9H2,1-3H3,(H2,15,16,17,18). The van der Waals surface area contributed by atoms with Crippen molar-refractivity contribution < 1.29 is 0 Å². The molecule has 5 nitrogen and oxygen atoms in total. The van der Waals surface area contributed by atoms with Crippen LogP contribution in [0.2, 0.25) is 0 Å². The topological polar surface area (TPSA) is 53.1 Å².